The van der Waals surface area contributed by atoms with Crippen LogP contribution in [-0.4, -0.2) is 31.2 Å². The Hall–Kier alpha value is -2.46. The molecule has 1 aromatic carbocycles. The topological polar surface area (TPSA) is 87.1 Å². The van der Waals surface area contributed by atoms with Crippen molar-refractivity contribution >= 4 is 5.91 Å². The van der Waals surface area contributed by atoms with E-state index in [0.29, 0.717) is 12.1 Å². The van der Waals surface area contributed by atoms with Gasteiger partial charge in [0, 0.05) is 10.5 Å². The lowest BCUT2D eigenvalue weighted by Crippen LogP contribution is -2.41. The SMILES string of the molecule is [N-]=[N+]=N[C@@H]1COC[C@H]1NC(=O)c1cc(C(F)(F)F)cc(C(F)(F)F)c1. The zero-order chi connectivity index (χ0) is 18.8. The third kappa shape index (κ3) is 4.54. The minimum absolute atomic E-state index is 0.0224. The maximum atomic E-state index is 12.8. The fourth-order valence-corrected chi connectivity index (χ4v) is 2.20. The van der Waals surface area contributed by atoms with Gasteiger partial charge in [0.05, 0.1) is 36.4 Å². The van der Waals surface area contributed by atoms with E-state index in [2.05, 4.69) is 15.3 Å². The number of carbonyl (C=O) groups is 1. The average molecular weight is 368 g/mol. The summed E-state index contributed by atoms with van der Waals surface area (Å²) in [5.74, 6) is -1.16. The first-order chi connectivity index (χ1) is 11.5. The summed E-state index contributed by atoms with van der Waals surface area (Å²) >= 11 is 0. The number of alkyl halides is 6. The van der Waals surface area contributed by atoms with Crippen molar-refractivity contribution in [1.82, 2.24) is 5.32 Å². The van der Waals surface area contributed by atoms with Crippen LogP contribution in [0.15, 0.2) is 23.3 Å². The molecule has 1 aliphatic rings. The second-order valence-electron chi connectivity index (χ2n) is 5.18. The summed E-state index contributed by atoms with van der Waals surface area (Å²) in [7, 11) is 0. The third-order valence-corrected chi connectivity index (χ3v) is 3.42. The van der Waals surface area contributed by atoms with Gasteiger partial charge in [-0.1, -0.05) is 5.11 Å². The number of halogens is 6. The van der Waals surface area contributed by atoms with E-state index < -0.39 is 47.0 Å². The monoisotopic (exact) mass is 368 g/mol. The maximum absolute atomic E-state index is 12.8. The van der Waals surface area contributed by atoms with E-state index in [1.54, 1.807) is 0 Å². The molecule has 136 valence electrons. The Labute approximate surface area is 136 Å². The lowest BCUT2D eigenvalue weighted by molar-refractivity contribution is -0.143. The molecule has 1 N–H and O–H groups in total. The molecule has 6 nitrogen and oxygen atoms in total. The summed E-state index contributed by atoms with van der Waals surface area (Å²) in [4.78, 5) is 14.6. The van der Waals surface area contributed by atoms with E-state index >= 15 is 0 Å². The van der Waals surface area contributed by atoms with Crippen LogP contribution < -0.4 is 5.32 Å². The Bertz CT molecular complexity index is 679. The molecule has 0 unspecified atom stereocenters. The molecule has 12 heteroatoms. The zero-order valence-electron chi connectivity index (χ0n) is 12.2. The van der Waals surface area contributed by atoms with Crippen LogP contribution in [0, 0.1) is 0 Å². The Balaban J connectivity index is 2.34. The summed E-state index contributed by atoms with van der Waals surface area (Å²) in [5, 5.41) is 5.57. The highest BCUT2D eigenvalue weighted by atomic mass is 19.4. The van der Waals surface area contributed by atoms with Crippen molar-refractivity contribution in [2.45, 2.75) is 24.4 Å². The van der Waals surface area contributed by atoms with Crippen molar-refractivity contribution in [1.29, 1.82) is 0 Å². The summed E-state index contributed by atoms with van der Waals surface area (Å²) < 4.78 is 81.7. The average Bonchev–Trinajstić information content (AvgIpc) is 2.92. The molecule has 0 aliphatic carbocycles. The van der Waals surface area contributed by atoms with E-state index in [1.807, 2.05) is 0 Å². The first kappa shape index (κ1) is 18.9. The van der Waals surface area contributed by atoms with E-state index in [9.17, 15) is 31.1 Å². The number of ether oxygens (including phenoxy) is 1. The molecule has 1 aromatic rings. The number of hydrogen-bond donors (Lipinski definition) is 1. The van der Waals surface area contributed by atoms with Gasteiger partial charge in [-0.25, -0.2) is 0 Å². The summed E-state index contributed by atoms with van der Waals surface area (Å²) in [6.45, 7) is -0.105. The summed E-state index contributed by atoms with van der Waals surface area (Å²) in [6, 6.07) is -1.08. The van der Waals surface area contributed by atoms with Gasteiger partial charge in [0.15, 0.2) is 0 Å². The normalized spacial score (nSPS) is 20.9. The molecule has 1 saturated heterocycles. The highest BCUT2D eigenvalue weighted by Crippen LogP contribution is 2.36. The highest BCUT2D eigenvalue weighted by molar-refractivity contribution is 5.95. The molecular formula is C13H10F6N4O2. The molecule has 25 heavy (non-hydrogen) atoms. The van der Waals surface area contributed by atoms with Crippen molar-refractivity contribution in [3.63, 3.8) is 0 Å². The van der Waals surface area contributed by atoms with E-state index in [1.165, 1.54) is 0 Å². The first-order valence-corrected chi connectivity index (χ1v) is 6.74. The molecule has 1 heterocycles. The van der Waals surface area contributed by atoms with E-state index in [0.717, 1.165) is 0 Å². The largest absolute Gasteiger partial charge is 0.416 e. The predicted molar refractivity (Wildman–Crippen MR) is 71.5 cm³/mol. The minimum atomic E-state index is -5.06. The predicted octanol–water partition coefficient (Wildman–Crippen LogP) is 3.53. The molecule has 1 fully saturated rings. The van der Waals surface area contributed by atoms with Crippen LogP contribution in [0.1, 0.15) is 21.5 Å². The number of rotatable bonds is 3. The number of carbonyl (C=O) groups excluding carboxylic acids is 1. The number of benzene rings is 1. The van der Waals surface area contributed by atoms with Crippen molar-refractivity contribution in [2.75, 3.05) is 13.2 Å². The molecule has 1 aliphatic heterocycles. The molecule has 0 bridgehead atoms. The fourth-order valence-electron chi connectivity index (χ4n) is 2.20. The van der Waals surface area contributed by atoms with Crippen molar-refractivity contribution in [2.24, 2.45) is 5.11 Å². The summed E-state index contributed by atoms with van der Waals surface area (Å²) in [6.07, 6.45) is -10.1. The second kappa shape index (κ2) is 6.81. The Morgan fingerprint density at radius 1 is 1.12 bits per heavy atom. The van der Waals surface area contributed by atoms with Gasteiger partial charge in [0.25, 0.3) is 5.91 Å². The number of nitrogens with zero attached hydrogens (tertiary/aromatic N) is 3. The maximum Gasteiger partial charge on any atom is 0.416 e. The number of hydrogen-bond acceptors (Lipinski definition) is 3. The molecule has 0 spiro atoms. The first-order valence-electron chi connectivity index (χ1n) is 6.74. The van der Waals surface area contributed by atoms with Crippen LogP contribution in [0.2, 0.25) is 0 Å². The van der Waals surface area contributed by atoms with Gasteiger partial charge < -0.3 is 10.1 Å². The van der Waals surface area contributed by atoms with Crippen molar-refractivity contribution in [3.8, 4) is 0 Å². The molecule has 2 rings (SSSR count). The number of nitrogens with one attached hydrogen (secondary N) is 1. The number of azide groups is 1. The Morgan fingerprint density at radius 2 is 1.68 bits per heavy atom. The highest BCUT2D eigenvalue weighted by Gasteiger charge is 2.38. The quantitative estimate of drug-likeness (QED) is 0.383. The van der Waals surface area contributed by atoms with Crippen LogP contribution in [0.25, 0.3) is 10.4 Å². The lowest BCUT2D eigenvalue weighted by Gasteiger charge is -2.17. The smallest absolute Gasteiger partial charge is 0.379 e. The lowest BCUT2D eigenvalue weighted by atomic mass is 10.0. The van der Waals surface area contributed by atoms with Gasteiger partial charge in [-0.05, 0) is 23.7 Å². The number of amides is 1. The third-order valence-electron chi connectivity index (χ3n) is 3.42. The molecule has 0 aromatic heterocycles. The van der Waals surface area contributed by atoms with Gasteiger partial charge in [0.1, 0.15) is 0 Å². The van der Waals surface area contributed by atoms with Gasteiger partial charge in [-0.15, -0.1) is 0 Å². The van der Waals surface area contributed by atoms with Crippen LogP contribution >= 0.6 is 0 Å². The second-order valence-corrected chi connectivity index (χ2v) is 5.18. The van der Waals surface area contributed by atoms with Gasteiger partial charge in [-0.2, -0.15) is 26.3 Å². The standard InChI is InChI=1S/C13H10F6N4O2/c14-12(15,16)7-1-6(2-8(3-7)13(17,18)19)11(24)21-9-4-25-5-10(9)22-23-20/h1-3,9-10H,4-5H2,(H,21,24)/t9-,10-/m1/s1. The van der Waals surface area contributed by atoms with Crippen molar-refractivity contribution in [3.05, 3.63) is 45.3 Å². The van der Waals surface area contributed by atoms with E-state index in [4.69, 9.17) is 10.3 Å². The molecule has 0 radical (unpaired) electrons. The molecular weight excluding hydrogens is 358 g/mol. The van der Waals surface area contributed by atoms with Crippen LogP contribution in [-0.2, 0) is 17.1 Å². The van der Waals surface area contributed by atoms with E-state index in [-0.39, 0.29) is 19.3 Å². The molecule has 2 atom stereocenters. The van der Waals surface area contributed by atoms with Crippen LogP contribution in [0.3, 0.4) is 0 Å². The van der Waals surface area contributed by atoms with Gasteiger partial charge in [0.2, 0.25) is 0 Å². The molecule has 1 amide bonds. The Kier molecular flexibility index (Phi) is 5.14. The van der Waals surface area contributed by atoms with Crippen LogP contribution in [0.5, 0.6) is 0 Å². The van der Waals surface area contributed by atoms with Crippen LogP contribution in [0.4, 0.5) is 26.3 Å². The summed E-state index contributed by atoms with van der Waals surface area (Å²) in [5.41, 5.74) is 4.38. The van der Waals surface area contributed by atoms with Gasteiger partial charge >= 0.3 is 12.4 Å². The zero-order valence-corrected chi connectivity index (χ0v) is 12.2. The Morgan fingerprint density at radius 3 is 2.16 bits per heavy atom. The van der Waals surface area contributed by atoms with Crippen molar-refractivity contribution < 1.29 is 35.9 Å². The molecule has 0 saturated carbocycles. The van der Waals surface area contributed by atoms with Gasteiger partial charge in [-0.3, -0.25) is 4.79 Å². The fraction of sp³-hybridized carbons (Fsp3) is 0.462. The minimum Gasteiger partial charge on any atom is -0.379 e.